The summed E-state index contributed by atoms with van der Waals surface area (Å²) in [5, 5.41) is 0. The summed E-state index contributed by atoms with van der Waals surface area (Å²) in [7, 11) is 0. The summed E-state index contributed by atoms with van der Waals surface area (Å²) < 4.78 is 1.23. The van der Waals surface area contributed by atoms with Gasteiger partial charge < -0.3 is 17.0 Å². The van der Waals surface area contributed by atoms with Crippen molar-refractivity contribution in [2.75, 3.05) is 0 Å². The summed E-state index contributed by atoms with van der Waals surface area (Å²) in [5.41, 5.74) is 1.10. The van der Waals surface area contributed by atoms with Gasteiger partial charge >= 0.3 is 0 Å². The third kappa shape index (κ3) is 4.04. The molecule has 0 aromatic heterocycles. The zero-order chi connectivity index (χ0) is 5.98. The molecule has 0 saturated heterocycles. The van der Waals surface area contributed by atoms with E-state index in [-0.39, 0.29) is 36.5 Å². The average Bonchev–Trinajstić information content (AvgIpc) is 1.77. The molecule has 1 rings (SSSR count). The Labute approximate surface area is 98.5 Å². The third-order valence-electron chi connectivity index (χ3n) is 0.958. The van der Waals surface area contributed by atoms with Crippen LogP contribution in [0.3, 0.4) is 0 Å². The maximum atomic E-state index is 3.81. The van der Waals surface area contributed by atoms with Crippen molar-refractivity contribution >= 4 is 22.6 Å². The maximum absolute atomic E-state index is 3.81. The molecule has 0 N–H and O–H groups in total. The fraction of sp³-hybridized carbons (Fsp3) is 0. The molecular formula is C7H6BrIZn-. The summed E-state index contributed by atoms with van der Waals surface area (Å²) in [6.07, 6.45) is 8.05. The Morgan fingerprint density at radius 3 is 2.20 bits per heavy atom. The van der Waals surface area contributed by atoms with E-state index in [1.165, 1.54) is 3.58 Å². The van der Waals surface area contributed by atoms with Crippen molar-refractivity contribution in [3.8, 4) is 0 Å². The fourth-order valence-corrected chi connectivity index (χ4v) is 0.886. The molecule has 0 bridgehead atoms. The maximum Gasteiger partial charge on any atom is 0.0162 e. The van der Waals surface area contributed by atoms with Crippen molar-refractivity contribution in [3.63, 3.8) is 0 Å². The van der Waals surface area contributed by atoms with E-state index in [4.69, 9.17) is 0 Å². The number of hydrogen-bond acceptors (Lipinski definition) is 0. The molecule has 0 amide bonds. The zero-order valence-electron chi connectivity index (χ0n) is 5.48. The van der Waals surface area contributed by atoms with Crippen molar-refractivity contribution in [1.82, 2.24) is 0 Å². The number of rotatable bonds is 0. The summed E-state index contributed by atoms with van der Waals surface area (Å²) in [6.45, 7) is 3.81. The molecule has 1 aliphatic rings. The Morgan fingerprint density at radius 2 is 1.90 bits per heavy atom. The van der Waals surface area contributed by atoms with E-state index in [9.17, 15) is 0 Å². The first-order valence-corrected chi connectivity index (χ1v) is 3.45. The van der Waals surface area contributed by atoms with Gasteiger partial charge in [0.05, 0.1) is 0 Å². The number of hydrogen-bond donors (Lipinski definition) is 0. The Bertz CT molecular complexity index is 172. The molecule has 51 valence electrons. The van der Waals surface area contributed by atoms with Crippen LogP contribution in [-0.4, -0.2) is 0 Å². The van der Waals surface area contributed by atoms with E-state index in [1.807, 2.05) is 24.6 Å². The minimum Gasteiger partial charge on any atom is -1.00 e. The standard InChI is InChI=1S/C7H6I.BrH.Zn/c1-6-4-2-3-5-7(6)8;;/h2-5H,1H2;1H;/p-1. The Kier molecular flexibility index (Phi) is 9.19. The van der Waals surface area contributed by atoms with Crippen LogP contribution in [0.5, 0.6) is 0 Å². The topological polar surface area (TPSA) is 0 Å². The minimum absolute atomic E-state index is 0. The van der Waals surface area contributed by atoms with Gasteiger partial charge in [-0.3, -0.25) is 0 Å². The molecule has 1 aliphatic carbocycles. The first kappa shape index (κ1) is 13.6. The minimum atomic E-state index is 0. The Balaban J connectivity index is 0. The zero-order valence-corrected chi connectivity index (χ0v) is 12.2. The van der Waals surface area contributed by atoms with Crippen LogP contribution in [0, 0.1) is 6.42 Å². The fourth-order valence-electron chi connectivity index (χ4n) is 0.498. The van der Waals surface area contributed by atoms with Crippen LogP contribution in [0.2, 0.25) is 0 Å². The molecule has 0 unspecified atom stereocenters. The molecule has 10 heavy (non-hydrogen) atoms. The molecular weight excluding hydrogens is 356 g/mol. The SMILES string of the molecule is C=C1[CH]C=CC=C1I.[Br-].[Zn]. The van der Waals surface area contributed by atoms with Gasteiger partial charge in [-0.05, 0) is 34.2 Å². The molecule has 0 aliphatic heterocycles. The molecule has 0 atom stereocenters. The van der Waals surface area contributed by atoms with Crippen LogP contribution >= 0.6 is 22.6 Å². The van der Waals surface area contributed by atoms with Crippen LogP contribution < -0.4 is 17.0 Å². The van der Waals surface area contributed by atoms with Gasteiger partial charge in [0, 0.05) is 29.5 Å². The largest absolute Gasteiger partial charge is 1.00 e. The van der Waals surface area contributed by atoms with Crippen molar-refractivity contribution in [2.45, 2.75) is 0 Å². The summed E-state index contributed by atoms with van der Waals surface area (Å²) in [6, 6.07) is 0. The second-order valence-electron chi connectivity index (χ2n) is 1.59. The second-order valence-corrected chi connectivity index (χ2v) is 2.75. The molecule has 0 fully saturated rings. The van der Waals surface area contributed by atoms with E-state index in [0.717, 1.165) is 5.57 Å². The van der Waals surface area contributed by atoms with Gasteiger partial charge in [0.1, 0.15) is 0 Å². The normalized spacial score (nSPS) is 14.9. The molecule has 0 aromatic rings. The van der Waals surface area contributed by atoms with E-state index in [0.29, 0.717) is 0 Å². The predicted octanol–water partition coefficient (Wildman–Crippen LogP) is -0.363. The van der Waals surface area contributed by atoms with E-state index in [2.05, 4.69) is 29.2 Å². The Hall–Kier alpha value is 1.05. The van der Waals surface area contributed by atoms with Crippen LogP contribution in [0.4, 0.5) is 0 Å². The number of allylic oxidation sites excluding steroid dienone is 5. The summed E-state index contributed by atoms with van der Waals surface area (Å²) >= 11 is 2.26. The summed E-state index contributed by atoms with van der Waals surface area (Å²) in [5.74, 6) is 0. The number of halogens is 2. The van der Waals surface area contributed by atoms with E-state index >= 15 is 0 Å². The van der Waals surface area contributed by atoms with Crippen molar-refractivity contribution < 1.29 is 36.5 Å². The van der Waals surface area contributed by atoms with E-state index in [1.54, 1.807) is 0 Å². The predicted molar refractivity (Wildman–Crippen MR) is 44.7 cm³/mol. The van der Waals surface area contributed by atoms with Gasteiger partial charge in [0.2, 0.25) is 0 Å². The molecule has 0 saturated carbocycles. The van der Waals surface area contributed by atoms with Crippen molar-refractivity contribution in [1.29, 1.82) is 0 Å². The van der Waals surface area contributed by atoms with Crippen molar-refractivity contribution in [3.05, 3.63) is 40.4 Å². The van der Waals surface area contributed by atoms with Gasteiger partial charge in [-0.2, -0.15) is 0 Å². The van der Waals surface area contributed by atoms with Gasteiger partial charge in [0.15, 0.2) is 0 Å². The van der Waals surface area contributed by atoms with Gasteiger partial charge in [0.25, 0.3) is 0 Å². The monoisotopic (exact) mass is 360 g/mol. The van der Waals surface area contributed by atoms with E-state index < -0.39 is 0 Å². The summed E-state index contributed by atoms with van der Waals surface area (Å²) in [4.78, 5) is 0. The van der Waals surface area contributed by atoms with Gasteiger partial charge in [-0.1, -0.05) is 18.7 Å². The molecule has 0 aromatic carbocycles. The van der Waals surface area contributed by atoms with Crippen LogP contribution in [0.25, 0.3) is 0 Å². The molecule has 0 heterocycles. The van der Waals surface area contributed by atoms with Crippen LogP contribution in [-0.2, 0) is 19.5 Å². The molecule has 1 radical (unpaired) electrons. The quantitative estimate of drug-likeness (QED) is 0.408. The molecule has 3 heteroatoms. The first-order valence-electron chi connectivity index (χ1n) is 2.37. The van der Waals surface area contributed by atoms with Crippen LogP contribution in [0.1, 0.15) is 0 Å². The van der Waals surface area contributed by atoms with Gasteiger partial charge in [-0.15, -0.1) is 0 Å². The second kappa shape index (κ2) is 6.74. The smallest absolute Gasteiger partial charge is 0.0162 e. The molecule has 0 spiro atoms. The van der Waals surface area contributed by atoms with Gasteiger partial charge in [-0.25, -0.2) is 0 Å². The average molecular weight is 362 g/mol. The third-order valence-corrected chi connectivity index (χ3v) is 2.01. The first-order chi connectivity index (χ1) is 3.80. The molecule has 0 nitrogen and oxygen atoms in total. The van der Waals surface area contributed by atoms with Crippen LogP contribution in [0.15, 0.2) is 34.0 Å². The van der Waals surface area contributed by atoms with Crippen molar-refractivity contribution in [2.24, 2.45) is 0 Å². The Morgan fingerprint density at radius 1 is 1.30 bits per heavy atom.